The average Bonchev–Trinajstić information content (AvgIpc) is 2.17. The standard InChI is InChI=1S/C9H13N3O2/c1-3-8-11-6(4-9(14)12-8)7(13)5-10-2/h4,10H,3,5H2,1-2H3,(H,11,12,14). The third-order valence-corrected chi connectivity index (χ3v) is 1.75. The summed E-state index contributed by atoms with van der Waals surface area (Å²) in [5, 5.41) is 2.72. The molecule has 14 heavy (non-hydrogen) atoms. The number of likely N-dealkylation sites (N-methyl/N-ethyl adjacent to an activating group) is 1. The first-order valence-corrected chi connectivity index (χ1v) is 4.45. The largest absolute Gasteiger partial charge is 0.313 e. The molecule has 1 aromatic rings. The van der Waals surface area contributed by atoms with E-state index in [9.17, 15) is 9.59 Å². The number of ketones is 1. The van der Waals surface area contributed by atoms with Crippen molar-refractivity contribution in [3.63, 3.8) is 0 Å². The lowest BCUT2D eigenvalue weighted by Crippen LogP contribution is -2.23. The monoisotopic (exact) mass is 195 g/mol. The van der Waals surface area contributed by atoms with Crippen molar-refractivity contribution in [3.05, 3.63) is 27.9 Å². The normalized spacial score (nSPS) is 10.1. The van der Waals surface area contributed by atoms with Gasteiger partial charge in [0.1, 0.15) is 11.5 Å². The molecule has 0 unspecified atom stereocenters. The summed E-state index contributed by atoms with van der Waals surface area (Å²) in [4.78, 5) is 29.1. The van der Waals surface area contributed by atoms with E-state index in [1.54, 1.807) is 7.05 Å². The Morgan fingerprint density at radius 3 is 2.93 bits per heavy atom. The quantitative estimate of drug-likeness (QED) is 0.649. The molecule has 0 bridgehead atoms. The minimum atomic E-state index is -0.281. The number of carbonyl (C=O) groups is 1. The lowest BCUT2D eigenvalue weighted by molar-refractivity contribution is 0.0988. The molecule has 1 rings (SSSR count). The first-order chi connectivity index (χ1) is 6.67. The highest BCUT2D eigenvalue weighted by molar-refractivity contribution is 5.95. The molecule has 0 saturated carbocycles. The van der Waals surface area contributed by atoms with Crippen molar-refractivity contribution in [1.82, 2.24) is 15.3 Å². The number of aryl methyl sites for hydroxylation is 1. The number of aromatic amines is 1. The van der Waals surface area contributed by atoms with E-state index in [2.05, 4.69) is 15.3 Å². The smallest absolute Gasteiger partial charge is 0.251 e. The van der Waals surface area contributed by atoms with Crippen molar-refractivity contribution in [2.45, 2.75) is 13.3 Å². The predicted molar refractivity (Wildman–Crippen MR) is 52.5 cm³/mol. The van der Waals surface area contributed by atoms with Gasteiger partial charge in [0, 0.05) is 12.5 Å². The van der Waals surface area contributed by atoms with Gasteiger partial charge in [-0.3, -0.25) is 9.59 Å². The topological polar surface area (TPSA) is 74.8 Å². The Kier molecular flexibility index (Phi) is 3.53. The molecule has 5 nitrogen and oxygen atoms in total. The van der Waals surface area contributed by atoms with Gasteiger partial charge in [0.15, 0.2) is 5.78 Å². The van der Waals surface area contributed by atoms with Crippen molar-refractivity contribution >= 4 is 5.78 Å². The molecular weight excluding hydrogens is 182 g/mol. The van der Waals surface area contributed by atoms with Crippen LogP contribution in [-0.2, 0) is 6.42 Å². The van der Waals surface area contributed by atoms with Gasteiger partial charge in [-0.05, 0) is 7.05 Å². The molecule has 0 aliphatic rings. The summed E-state index contributed by atoms with van der Waals surface area (Å²) in [6.07, 6.45) is 0.607. The first kappa shape index (κ1) is 10.6. The van der Waals surface area contributed by atoms with Crippen molar-refractivity contribution in [1.29, 1.82) is 0 Å². The fraction of sp³-hybridized carbons (Fsp3) is 0.444. The molecule has 2 N–H and O–H groups in total. The predicted octanol–water partition coefficient (Wildman–Crippen LogP) is -0.266. The summed E-state index contributed by atoms with van der Waals surface area (Å²) in [5.74, 6) is 0.366. The third kappa shape index (κ3) is 2.50. The van der Waals surface area contributed by atoms with E-state index in [-0.39, 0.29) is 23.6 Å². The van der Waals surface area contributed by atoms with E-state index in [1.807, 2.05) is 6.92 Å². The van der Waals surface area contributed by atoms with Gasteiger partial charge in [-0.1, -0.05) is 6.92 Å². The molecule has 0 amide bonds. The maximum Gasteiger partial charge on any atom is 0.251 e. The van der Waals surface area contributed by atoms with Crippen LogP contribution in [0.15, 0.2) is 10.9 Å². The van der Waals surface area contributed by atoms with Crippen molar-refractivity contribution < 1.29 is 4.79 Å². The second-order valence-corrected chi connectivity index (χ2v) is 2.88. The molecule has 0 spiro atoms. The molecule has 76 valence electrons. The van der Waals surface area contributed by atoms with Crippen LogP contribution in [0, 0.1) is 0 Å². The second kappa shape index (κ2) is 4.66. The highest BCUT2D eigenvalue weighted by Crippen LogP contribution is 1.94. The Morgan fingerprint density at radius 2 is 2.36 bits per heavy atom. The number of hydrogen-bond donors (Lipinski definition) is 2. The molecule has 5 heteroatoms. The Labute approximate surface area is 81.6 Å². The van der Waals surface area contributed by atoms with Crippen LogP contribution < -0.4 is 10.9 Å². The molecular formula is C9H13N3O2. The van der Waals surface area contributed by atoms with E-state index < -0.39 is 0 Å². The van der Waals surface area contributed by atoms with Crippen LogP contribution in [0.25, 0.3) is 0 Å². The van der Waals surface area contributed by atoms with E-state index in [0.29, 0.717) is 12.2 Å². The molecule has 0 aromatic carbocycles. The van der Waals surface area contributed by atoms with Crippen LogP contribution in [0.2, 0.25) is 0 Å². The summed E-state index contributed by atoms with van der Waals surface area (Å²) in [6.45, 7) is 2.06. The number of nitrogens with one attached hydrogen (secondary N) is 2. The van der Waals surface area contributed by atoms with Crippen LogP contribution in [0.4, 0.5) is 0 Å². The van der Waals surface area contributed by atoms with Crippen molar-refractivity contribution in [3.8, 4) is 0 Å². The Morgan fingerprint density at radius 1 is 1.64 bits per heavy atom. The Balaban J connectivity index is 3.03. The summed E-state index contributed by atoms with van der Waals surface area (Å²) in [6, 6.07) is 1.22. The molecule has 0 aliphatic carbocycles. The maximum atomic E-state index is 11.4. The van der Waals surface area contributed by atoms with E-state index in [0.717, 1.165) is 0 Å². The van der Waals surface area contributed by atoms with Gasteiger partial charge in [0.05, 0.1) is 6.54 Å². The molecule has 0 fully saturated rings. The first-order valence-electron chi connectivity index (χ1n) is 4.45. The summed E-state index contributed by atoms with van der Waals surface area (Å²) >= 11 is 0. The van der Waals surface area contributed by atoms with Gasteiger partial charge in [0.25, 0.3) is 5.56 Å². The lowest BCUT2D eigenvalue weighted by atomic mass is 10.2. The van der Waals surface area contributed by atoms with Crippen LogP contribution in [0.5, 0.6) is 0 Å². The Bertz CT molecular complexity index is 384. The zero-order valence-electron chi connectivity index (χ0n) is 8.26. The lowest BCUT2D eigenvalue weighted by Gasteiger charge is -2.00. The van der Waals surface area contributed by atoms with E-state index in [1.165, 1.54) is 6.07 Å². The molecule has 0 atom stereocenters. The fourth-order valence-electron chi connectivity index (χ4n) is 1.07. The van der Waals surface area contributed by atoms with Gasteiger partial charge < -0.3 is 10.3 Å². The van der Waals surface area contributed by atoms with Gasteiger partial charge in [-0.25, -0.2) is 4.98 Å². The molecule has 1 aromatic heterocycles. The Hall–Kier alpha value is -1.49. The van der Waals surface area contributed by atoms with Crippen LogP contribution in [-0.4, -0.2) is 29.3 Å². The number of hydrogen-bond acceptors (Lipinski definition) is 4. The highest BCUT2D eigenvalue weighted by Gasteiger charge is 2.08. The summed E-state index contributed by atoms with van der Waals surface area (Å²) < 4.78 is 0. The second-order valence-electron chi connectivity index (χ2n) is 2.88. The number of carbonyl (C=O) groups excluding carboxylic acids is 1. The number of H-pyrrole nitrogens is 1. The minimum Gasteiger partial charge on any atom is -0.313 e. The van der Waals surface area contributed by atoms with Crippen LogP contribution in [0.3, 0.4) is 0 Å². The SMILES string of the molecule is CCc1nc(C(=O)CNC)cc(=O)[nH]1. The minimum absolute atomic E-state index is 0.173. The van der Waals surface area contributed by atoms with Crippen molar-refractivity contribution in [2.75, 3.05) is 13.6 Å². The van der Waals surface area contributed by atoms with Gasteiger partial charge in [-0.15, -0.1) is 0 Å². The molecule has 0 aliphatic heterocycles. The van der Waals surface area contributed by atoms with Gasteiger partial charge in [0.2, 0.25) is 0 Å². The zero-order valence-corrected chi connectivity index (χ0v) is 8.26. The number of Topliss-reactive ketones (excluding diaryl/α,β-unsaturated/α-hetero) is 1. The molecule has 0 radical (unpaired) electrons. The van der Waals surface area contributed by atoms with Gasteiger partial charge >= 0.3 is 0 Å². The number of rotatable bonds is 4. The molecule has 0 saturated heterocycles. The molecule has 1 heterocycles. The summed E-state index contributed by atoms with van der Waals surface area (Å²) in [7, 11) is 1.67. The van der Waals surface area contributed by atoms with Crippen LogP contribution in [0.1, 0.15) is 23.2 Å². The van der Waals surface area contributed by atoms with E-state index in [4.69, 9.17) is 0 Å². The fourth-order valence-corrected chi connectivity index (χ4v) is 1.07. The van der Waals surface area contributed by atoms with E-state index >= 15 is 0 Å². The highest BCUT2D eigenvalue weighted by atomic mass is 16.1. The summed E-state index contributed by atoms with van der Waals surface area (Å²) in [5.41, 5.74) is -0.0590. The number of nitrogens with zero attached hydrogens (tertiary/aromatic N) is 1. The van der Waals surface area contributed by atoms with Crippen LogP contribution >= 0.6 is 0 Å². The maximum absolute atomic E-state index is 11.4. The van der Waals surface area contributed by atoms with Crippen molar-refractivity contribution in [2.24, 2.45) is 0 Å². The third-order valence-electron chi connectivity index (χ3n) is 1.75. The zero-order chi connectivity index (χ0) is 10.6. The van der Waals surface area contributed by atoms with Gasteiger partial charge in [-0.2, -0.15) is 0 Å². The number of aromatic nitrogens is 2. The average molecular weight is 195 g/mol.